The molecule has 1 amide bonds. The van der Waals surface area contributed by atoms with Gasteiger partial charge in [-0.15, -0.1) is 0 Å². The molecule has 7 nitrogen and oxygen atoms in total. The second-order valence-electron chi connectivity index (χ2n) is 6.03. The third-order valence-electron chi connectivity index (χ3n) is 4.29. The molecule has 128 valence electrons. The molecule has 3 rings (SSSR count). The first kappa shape index (κ1) is 16.8. The van der Waals surface area contributed by atoms with Gasteiger partial charge in [0.1, 0.15) is 0 Å². The molecule has 1 saturated heterocycles. The summed E-state index contributed by atoms with van der Waals surface area (Å²) in [5.74, 6) is -0.161. The summed E-state index contributed by atoms with van der Waals surface area (Å²) in [5, 5.41) is 2.93. The summed E-state index contributed by atoms with van der Waals surface area (Å²) in [5.41, 5.74) is 2.58. The minimum atomic E-state index is -3.16. The van der Waals surface area contributed by atoms with Gasteiger partial charge in [-0.3, -0.25) is 14.8 Å². The highest BCUT2D eigenvalue weighted by Gasteiger charge is 2.28. The predicted octanol–water partition coefficient (Wildman–Crippen LogP) is 0.918. The molecule has 1 aromatic carbocycles. The molecule has 0 aliphatic carbocycles. The number of rotatable bonds is 4. The van der Waals surface area contributed by atoms with Crippen LogP contribution in [0, 0.1) is 5.92 Å². The van der Waals surface area contributed by atoms with E-state index in [-0.39, 0.29) is 11.8 Å². The van der Waals surface area contributed by atoms with Gasteiger partial charge in [0, 0.05) is 37.9 Å². The molecule has 2 heterocycles. The molecule has 0 radical (unpaired) electrons. The Balaban J connectivity index is 1.55. The van der Waals surface area contributed by atoms with Gasteiger partial charge in [0.25, 0.3) is 0 Å². The quantitative estimate of drug-likeness (QED) is 0.887. The van der Waals surface area contributed by atoms with Gasteiger partial charge < -0.3 is 5.32 Å². The van der Waals surface area contributed by atoms with E-state index >= 15 is 0 Å². The van der Waals surface area contributed by atoms with Crippen LogP contribution in [0.5, 0.6) is 0 Å². The van der Waals surface area contributed by atoms with E-state index in [1.807, 2.05) is 18.2 Å². The van der Waals surface area contributed by atoms with Gasteiger partial charge in [-0.2, -0.15) is 0 Å². The zero-order chi connectivity index (χ0) is 17.2. The number of benzene rings is 1. The highest BCUT2D eigenvalue weighted by Crippen LogP contribution is 2.19. The molecule has 1 aliphatic rings. The van der Waals surface area contributed by atoms with E-state index in [4.69, 9.17) is 0 Å². The zero-order valence-electron chi connectivity index (χ0n) is 13.5. The number of carbonyl (C=O) groups excluding carboxylic acids is 1. The Labute approximate surface area is 141 Å². The van der Waals surface area contributed by atoms with Crippen LogP contribution >= 0.6 is 0 Å². The predicted molar refractivity (Wildman–Crippen MR) is 90.5 cm³/mol. The van der Waals surface area contributed by atoms with Crippen molar-refractivity contribution in [1.82, 2.24) is 19.6 Å². The topological polar surface area (TPSA) is 92.3 Å². The van der Waals surface area contributed by atoms with E-state index in [1.54, 1.807) is 12.4 Å². The lowest BCUT2D eigenvalue weighted by atomic mass is 9.97. The SMILES string of the molecule is CS(=O)(=O)N1CCC(C(=O)NCc2ccc3nccnc3c2)CC1. The van der Waals surface area contributed by atoms with Crippen LogP contribution in [0.3, 0.4) is 0 Å². The number of sulfonamides is 1. The molecule has 1 N–H and O–H groups in total. The fourth-order valence-electron chi connectivity index (χ4n) is 2.90. The molecule has 0 saturated carbocycles. The van der Waals surface area contributed by atoms with Gasteiger partial charge in [0.05, 0.1) is 17.3 Å². The molecule has 0 bridgehead atoms. The van der Waals surface area contributed by atoms with Gasteiger partial charge in [-0.1, -0.05) is 6.07 Å². The van der Waals surface area contributed by atoms with E-state index in [2.05, 4.69) is 15.3 Å². The Morgan fingerprint density at radius 3 is 2.54 bits per heavy atom. The van der Waals surface area contributed by atoms with Crippen molar-refractivity contribution in [3.05, 3.63) is 36.2 Å². The summed E-state index contributed by atoms with van der Waals surface area (Å²) in [6.07, 6.45) is 5.60. The summed E-state index contributed by atoms with van der Waals surface area (Å²) in [6.45, 7) is 1.24. The number of carbonyl (C=O) groups is 1. The number of nitrogens with one attached hydrogen (secondary N) is 1. The van der Waals surface area contributed by atoms with Gasteiger partial charge in [-0.05, 0) is 30.5 Å². The van der Waals surface area contributed by atoms with Gasteiger partial charge in [0.2, 0.25) is 15.9 Å². The summed E-state index contributed by atoms with van der Waals surface area (Å²) in [4.78, 5) is 20.8. The van der Waals surface area contributed by atoms with E-state index in [9.17, 15) is 13.2 Å². The molecular weight excluding hydrogens is 328 g/mol. The summed E-state index contributed by atoms with van der Waals surface area (Å²) in [6, 6.07) is 5.72. The minimum absolute atomic E-state index is 0.0256. The Morgan fingerprint density at radius 2 is 1.88 bits per heavy atom. The molecule has 1 aromatic heterocycles. The van der Waals surface area contributed by atoms with Gasteiger partial charge >= 0.3 is 0 Å². The van der Waals surface area contributed by atoms with Gasteiger partial charge in [-0.25, -0.2) is 12.7 Å². The maximum atomic E-state index is 12.3. The van der Waals surface area contributed by atoms with Crippen LogP contribution in [0.15, 0.2) is 30.6 Å². The lowest BCUT2D eigenvalue weighted by Gasteiger charge is -2.29. The molecular formula is C16H20N4O3S. The Morgan fingerprint density at radius 1 is 1.21 bits per heavy atom. The Kier molecular flexibility index (Phi) is 4.77. The smallest absolute Gasteiger partial charge is 0.223 e. The van der Waals surface area contributed by atoms with Crippen molar-refractivity contribution in [2.45, 2.75) is 19.4 Å². The number of nitrogens with zero attached hydrogens (tertiary/aromatic N) is 3. The highest BCUT2D eigenvalue weighted by molar-refractivity contribution is 7.88. The first-order valence-electron chi connectivity index (χ1n) is 7.86. The highest BCUT2D eigenvalue weighted by atomic mass is 32.2. The second kappa shape index (κ2) is 6.82. The molecule has 1 aliphatic heterocycles. The summed E-state index contributed by atoms with van der Waals surface area (Å²) >= 11 is 0. The zero-order valence-corrected chi connectivity index (χ0v) is 14.3. The van der Waals surface area contributed by atoms with Crippen molar-refractivity contribution in [3.8, 4) is 0 Å². The molecule has 2 aromatic rings. The standard InChI is InChI=1S/C16H20N4O3S/c1-24(22,23)20-8-4-13(5-9-20)16(21)19-11-12-2-3-14-15(10-12)18-7-6-17-14/h2-3,6-7,10,13H,4-5,8-9,11H2,1H3,(H,19,21). The van der Waals surface area contributed by atoms with E-state index in [0.717, 1.165) is 16.6 Å². The number of aromatic nitrogens is 2. The number of amides is 1. The van der Waals surface area contributed by atoms with E-state index in [0.29, 0.717) is 32.5 Å². The maximum absolute atomic E-state index is 12.3. The molecule has 0 spiro atoms. The van der Waals surface area contributed by atoms with Crippen LogP contribution in [0.1, 0.15) is 18.4 Å². The van der Waals surface area contributed by atoms with Crippen LogP contribution in [-0.2, 0) is 21.4 Å². The molecule has 0 unspecified atom stereocenters. The Hall–Kier alpha value is -2.06. The Bertz CT molecular complexity index is 845. The summed E-state index contributed by atoms with van der Waals surface area (Å²) < 4.78 is 24.4. The van der Waals surface area contributed by atoms with Crippen molar-refractivity contribution < 1.29 is 13.2 Å². The maximum Gasteiger partial charge on any atom is 0.223 e. The van der Waals surface area contributed by atoms with Crippen molar-refractivity contribution in [2.24, 2.45) is 5.92 Å². The molecule has 0 atom stereocenters. The normalized spacial score (nSPS) is 17.0. The fraction of sp³-hybridized carbons (Fsp3) is 0.438. The molecule has 8 heteroatoms. The lowest BCUT2D eigenvalue weighted by molar-refractivity contribution is -0.126. The monoisotopic (exact) mass is 348 g/mol. The average molecular weight is 348 g/mol. The molecule has 1 fully saturated rings. The minimum Gasteiger partial charge on any atom is -0.352 e. The number of hydrogen-bond donors (Lipinski definition) is 1. The second-order valence-corrected chi connectivity index (χ2v) is 8.02. The van der Waals surface area contributed by atoms with Gasteiger partial charge in [0.15, 0.2) is 0 Å². The van der Waals surface area contributed by atoms with Crippen LogP contribution in [0.4, 0.5) is 0 Å². The van der Waals surface area contributed by atoms with Crippen LogP contribution < -0.4 is 5.32 Å². The van der Waals surface area contributed by atoms with E-state index < -0.39 is 10.0 Å². The van der Waals surface area contributed by atoms with Crippen molar-refractivity contribution in [2.75, 3.05) is 19.3 Å². The third kappa shape index (κ3) is 3.88. The third-order valence-corrected chi connectivity index (χ3v) is 5.60. The number of fused-ring (bicyclic) bond motifs is 1. The average Bonchev–Trinajstić information content (AvgIpc) is 2.59. The fourth-order valence-corrected chi connectivity index (χ4v) is 3.78. The number of hydrogen-bond acceptors (Lipinski definition) is 5. The largest absolute Gasteiger partial charge is 0.352 e. The van der Waals surface area contributed by atoms with E-state index in [1.165, 1.54) is 10.6 Å². The van der Waals surface area contributed by atoms with Crippen molar-refractivity contribution in [1.29, 1.82) is 0 Å². The first-order chi connectivity index (χ1) is 11.4. The van der Waals surface area contributed by atoms with Crippen molar-refractivity contribution >= 4 is 27.0 Å². The van der Waals surface area contributed by atoms with Crippen LogP contribution in [0.2, 0.25) is 0 Å². The molecule has 24 heavy (non-hydrogen) atoms. The lowest BCUT2D eigenvalue weighted by Crippen LogP contribution is -2.42. The first-order valence-corrected chi connectivity index (χ1v) is 9.71. The summed E-state index contributed by atoms with van der Waals surface area (Å²) in [7, 11) is -3.16. The van der Waals surface area contributed by atoms with Crippen LogP contribution in [-0.4, -0.2) is 47.9 Å². The number of piperidine rings is 1. The van der Waals surface area contributed by atoms with Crippen molar-refractivity contribution in [3.63, 3.8) is 0 Å². The van der Waals surface area contributed by atoms with Crippen LogP contribution in [0.25, 0.3) is 11.0 Å².